The summed E-state index contributed by atoms with van der Waals surface area (Å²) in [6.45, 7) is 6.32. The molecule has 6 nitrogen and oxygen atoms in total. The Bertz CT molecular complexity index is 734. The number of benzene rings is 2. The molecule has 0 saturated carbocycles. The summed E-state index contributed by atoms with van der Waals surface area (Å²) in [5.74, 6) is 1.26. The summed E-state index contributed by atoms with van der Waals surface area (Å²) in [6.07, 6.45) is 1.03. The highest BCUT2D eigenvalue weighted by atomic mass is 16.5. The Hall–Kier alpha value is -2.73. The van der Waals surface area contributed by atoms with E-state index in [2.05, 4.69) is 29.4 Å². The molecule has 0 aliphatic rings. The number of carbonyl (C=O) groups is 1. The molecule has 0 aliphatic carbocycles. The van der Waals surface area contributed by atoms with Crippen LogP contribution in [-0.4, -0.2) is 37.5 Å². The standard InChI is InChI=1S/C20H28N4O2/c1-4-11-24(5-2)14-20(25)23-15-7-6-8-16(12-15)26-17-9-10-19(22-3)18(21)13-17/h6-10,12-13,22H,4-5,11,14,21H2,1-3H3,(H,23,25). The van der Waals surface area contributed by atoms with Gasteiger partial charge in [-0.25, -0.2) is 0 Å². The molecule has 0 spiro atoms. The number of nitrogens with zero attached hydrogens (tertiary/aromatic N) is 1. The van der Waals surface area contributed by atoms with Crippen molar-refractivity contribution in [2.45, 2.75) is 20.3 Å². The van der Waals surface area contributed by atoms with E-state index >= 15 is 0 Å². The lowest BCUT2D eigenvalue weighted by Gasteiger charge is -2.18. The van der Waals surface area contributed by atoms with E-state index in [0.717, 1.165) is 25.2 Å². The van der Waals surface area contributed by atoms with Crippen LogP contribution in [0.15, 0.2) is 42.5 Å². The molecule has 0 radical (unpaired) electrons. The second kappa shape index (κ2) is 9.68. The molecule has 0 bridgehead atoms. The van der Waals surface area contributed by atoms with E-state index in [1.165, 1.54) is 0 Å². The number of amides is 1. The minimum atomic E-state index is -0.0277. The van der Waals surface area contributed by atoms with Gasteiger partial charge < -0.3 is 21.1 Å². The highest BCUT2D eigenvalue weighted by Gasteiger charge is 2.09. The summed E-state index contributed by atoms with van der Waals surface area (Å²) in [5, 5.41) is 5.94. The average Bonchev–Trinajstić information content (AvgIpc) is 2.61. The molecular weight excluding hydrogens is 328 g/mol. The van der Waals surface area contributed by atoms with Crippen LogP contribution in [0.5, 0.6) is 11.5 Å². The van der Waals surface area contributed by atoms with Gasteiger partial charge in [-0.15, -0.1) is 0 Å². The van der Waals surface area contributed by atoms with E-state index in [9.17, 15) is 4.79 Å². The number of hydrogen-bond acceptors (Lipinski definition) is 5. The van der Waals surface area contributed by atoms with Gasteiger partial charge in [0, 0.05) is 24.9 Å². The molecule has 6 heteroatoms. The molecule has 2 aromatic carbocycles. The average molecular weight is 356 g/mol. The molecule has 0 saturated heterocycles. The normalized spacial score (nSPS) is 10.6. The number of likely N-dealkylation sites (N-methyl/N-ethyl adjacent to an activating group) is 1. The predicted molar refractivity (Wildman–Crippen MR) is 108 cm³/mol. The van der Waals surface area contributed by atoms with Crippen molar-refractivity contribution in [1.82, 2.24) is 4.90 Å². The highest BCUT2D eigenvalue weighted by Crippen LogP contribution is 2.29. The van der Waals surface area contributed by atoms with Gasteiger partial charge in [0.1, 0.15) is 11.5 Å². The topological polar surface area (TPSA) is 79.6 Å². The largest absolute Gasteiger partial charge is 0.457 e. The molecule has 1 amide bonds. The fourth-order valence-electron chi connectivity index (χ4n) is 2.67. The summed E-state index contributed by atoms with van der Waals surface area (Å²) < 4.78 is 5.85. The van der Waals surface area contributed by atoms with E-state index in [1.807, 2.05) is 37.4 Å². The van der Waals surface area contributed by atoms with E-state index in [-0.39, 0.29) is 5.91 Å². The summed E-state index contributed by atoms with van der Waals surface area (Å²) >= 11 is 0. The van der Waals surface area contributed by atoms with E-state index in [4.69, 9.17) is 10.5 Å². The van der Waals surface area contributed by atoms with Crippen LogP contribution in [0.4, 0.5) is 17.1 Å². The summed E-state index contributed by atoms with van der Waals surface area (Å²) in [7, 11) is 1.82. The number of rotatable bonds is 9. The lowest BCUT2D eigenvalue weighted by Crippen LogP contribution is -2.33. The maximum atomic E-state index is 12.2. The second-order valence-electron chi connectivity index (χ2n) is 6.05. The van der Waals surface area contributed by atoms with Gasteiger partial charge in [0.15, 0.2) is 0 Å². The zero-order chi connectivity index (χ0) is 18.9. The first-order chi connectivity index (χ1) is 12.5. The number of nitrogen functional groups attached to an aromatic ring is 1. The first kappa shape index (κ1) is 19.6. The number of hydrogen-bond donors (Lipinski definition) is 3. The van der Waals surface area contributed by atoms with E-state index < -0.39 is 0 Å². The zero-order valence-electron chi connectivity index (χ0n) is 15.7. The van der Waals surface area contributed by atoms with Crippen LogP contribution in [0.25, 0.3) is 0 Å². The van der Waals surface area contributed by atoms with Crippen LogP contribution in [0.1, 0.15) is 20.3 Å². The smallest absolute Gasteiger partial charge is 0.238 e. The Kier molecular flexibility index (Phi) is 7.29. The van der Waals surface area contributed by atoms with Gasteiger partial charge in [-0.2, -0.15) is 0 Å². The molecule has 0 fully saturated rings. The van der Waals surface area contributed by atoms with Gasteiger partial charge >= 0.3 is 0 Å². The molecular formula is C20H28N4O2. The second-order valence-corrected chi connectivity index (χ2v) is 6.05. The highest BCUT2D eigenvalue weighted by molar-refractivity contribution is 5.92. The zero-order valence-corrected chi connectivity index (χ0v) is 15.7. The minimum Gasteiger partial charge on any atom is -0.457 e. The molecule has 0 atom stereocenters. The van der Waals surface area contributed by atoms with Gasteiger partial charge in [0.25, 0.3) is 0 Å². The van der Waals surface area contributed by atoms with Crippen LogP contribution < -0.4 is 21.1 Å². The molecule has 0 unspecified atom stereocenters. The van der Waals surface area contributed by atoms with E-state index in [0.29, 0.717) is 29.4 Å². The fraction of sp³-hybridized carbons (Fsp3) is 0.350. The predicted octanol–water partition coefficient (Wildman–Crippen LogP) is 3.77. The van der Waals surface area contributed by atoms with Crippen LogP contribution in [0.2, 0.25) is 0 Å². The molecule has 0 aliphatic heterocycles. The number of nitrogens with two attached hydrogens (primary N) is 1. The summed E-state index contributed by atoms with van der Waals surface area (Å²) in [5.41, 5.74) is 8.14. The van der Waals surface area contributed by atoms with E-state index in [1.54, 1.807) is 12.1 Å². The first-order valence-corrected chi connectivity index (χ1v) is 8.93. The molecule has 2 aromatic rings. The lowest BCUT2D eigenvalue weighted by atomic mass is 10.2. The molecule has 0 aromatic heterocycles. The fourth-order valence-corrected chi connectivity index (χ4v) is 2.67. The third-order valence-electron chi connectivity index (χ3n) is 4.00. The maximum absolute atomic E-state index is 12.2. The van der Waals surface area contributed by atoms with Crippen molar-refractivity contribution in [3.63, 3.8) is 0 Å². The Morgan fingerprint density at radius 2 is 1.92 bits per heavy atom. The lowest BCUT2D eigenvalue weighted by molar-refractivity contribution is -0.117. The Balaban J connectivity index is 2.01. The number of nitrogens with one attached hydrogen (secondary N) is 2. The van der Waals surface area contributed by atoms with Gasteiger partial charge in [-0.05, 0) is 43.8 Å². The minimum absolute atomic E-state index is 0.0277. The van der Waals surface area contributed by atoms with Crippen molar-refractivity contribution in [3.05, 3.63) is 42.5 Å². The quantitative estimate of drug-likeness (QED) is 0.596. The van der Waals surface area contributed by atoms with Crippen LogP contribution in [0.3, 0.4) is 0 Å². The maximum Gasteiger partial charge on any atom is 0.238 e. The van der Waals surface area contributed by atoms with Gasteiger partial charge in [0.05, 0.1) is 17.9 Å². The number of ether oxygens (including phenoxy) is 1. The van der Waals surface area contributed by atoms with Crippen molar-refractivity contribution in [2.24, 2.45) is 0 Å². The van der Waals surface area contributed by atoms with Crippen molar-refractivity contribution in [2.75, 3.05) is 43.0 Å². The Morgan fingerprint density at radius 3 is 2.58 bits per heavy atom. The van der Waals surface area contributed by atoms with Gasteiger partial charge in [-0.3, -0.25) is 9.69 Å². The molecule has 4 N–H and O–H groups in total. The van der Waals surface area contributed by atoms with Crippen molar-refractivity contribution in [3.8, 4) is 11.5 Å². The molecule has 0 heterocycles. The van der Waals surface area contributed by atoms with Crippen LogP contribution in [0, 0.1) is 0 Å². The van der Waals surface area contributed by atoms with Crippen molar-refractivity contribution < 1.29 is 9.53 Å². The molecule has 140 valence electrons. The summed E-state index contributed by atoms with van der Waals surface area (Å²) in [6, 6.07) is 12.8. The first-order valence-electron chi connectivity index (χ1n) is 8.93. The Labute approximate surface area is 155 Å². The SMILES string of the molecule is CCCN(CC)CC(=O)Nc1cccc(Oc2ccc(NC)c(N)c2)c1. The van der Waals surface area contributed by atoms with Crippen molar-refractivity contribution >= 4 is 23.0 Å². The Morgan fingerprint density at radius 1 is 1.15 bits per heavy atom. The van der Waals surface area contributed by atoms with Crippen LogP contribution >= 0.6 is 0 Å². The van der Waals surface area contributed by atoms with Crippen LogP contribution in [-0.2, 0) is 4.79 Å². The molecule has 26 heavy (non-hydrogen) atoms. The van der Waals surface area contributed by atoms with Crippen molar-refractivity contribution in [1.29, 1.82) is 0 Å². The number of anilines is 3. The summed E-state index contributed by atoms with van der Waals surface area (Å²) in [4.78, 5) is 14.3. The molecule has 2 rings (SSSR count). The van der Waals surface area contributed by atoms with Gasteiger partial charge in [0.2, 0.25) is 5.91 Å². The number of carbonyl (C=O) groups excluding carboxylic acids is 1. The third-order valence-corrected chi connectivity index (χ3v) is 4.00. The third kappa shape index (κ3) is 5.67. The monoisotopic (exact) mass is 356 g/mol. The van der Waals surface area contributed by atoms with Gasteiger partial charge in [-0.1, -0.05) is 19.9 Å².